The Hall–Kier alpha value is -2.21. The lowest BCUT2D eigenvalue weighted by molar-refractivity contribution is -0.125. The zero-order valence-corrected chi connectivity index (χ0v) is 13.8. The van der Waals surface area contributed by atoms with Crippen LogP contribution in [0, 0.1) is 0 Å². The second-order valence-electron chi connectivity index (χ2n) is 6.72. The number of nitrogens with one attached hydrogen (secondary N) is 1. The van der Waals surface area contributed by atoms with Gasteiger partial charge in [0.25, 0.3) is 0 Å². The van der Waals surface area contributed by atoms with Gasteiger partial charge in [0.1, 0.15) is 6.33 Å². The molecule has 6 nitrogen and oxygen atoms in total. The third-order valence-corrected chi connectivity index (χ3v) is 4.90. The number of rotatable bonds is 6. The molecule has 4 rings (SSSR count). The van der Waals surface area contributed by atoms with E-state index in [1.165, 1.54) is 18.4 Å². The largest absolute Gasteiger partial charge is 0.347 e. The van der Waals surface area contributed by atoms with Crippen molar-refractivity contribution in [2.45, 2.75) is 50.9 Å². The van der Waals surface area contributed by atoms with Gasteiger partial charge in [-0.1, -0.05) is 30.3 Å². The van der Waals surface area contributed by atoms with E-state index in [4.69, 9.17) is 0 Å². The predicted molar refractivity (Wildman–Crippen MR) is 90.0 cm³/mol. The Morgan fingerprint density at radius 3 is 2.83 bits per heavy atom. The van der Waals surface area contributed by atoms with E-state index in [1.54, 1.807) is 6.33 Å². The van der Waals surface area contributed by atoms with Crippen molar-refractivity contribution in [2.75, 3.05) is 6.54 Å². The van der Waals surface area contributed by atoms with E-state index in [9.17, 15) is 4.79 Å². The number of hydrogen-bond acceptors (Lipinski definition) is 4. The Kier molecular flexibility index (Phi) is 4.30. The van der Waals surface area contributed by atoms with Crippen LogP contribution in [0.15, 0.2) is 36.7 Å². The highest BCUT2D eigenvalue weighted by Crippen LogP contribution is 2.35. The maximum Gasteiger partial charge on any atom is 0.237 e. The van der Waals surface area contributed by atoms with Crippen molar-refractivity contribution >= 4 is 5.91 Å². The second kappa shape index (κ2) is 6.73. The molecule has 2 aromatic rings. The molecular formula is C18H23N5O. The standard InChI is InChI=1S/C18H23N5O/c24-18(19-11-17-21-20-13-23(17)15-8-9-15)16-7-4-10-22(16)12-14-5-2-1-3-6-14/h1-3,5-6,13,15-16H,4,7-12H2,(H,19,24)/t16-/m1/s1. The molecule has 1 saturated heterocycles. The molecule has 1 amide bonds. The molecule has 2 heterocycles. The SMILES string of the molecule is O=C(NCc1nncn1C1CC1)[C@H]1CCCN1Cc1ccccc1. The van der Waals surface area contributed by atoms with Gasteiger partial charge in [-0.15, -0.1) is 10.2 Å². The summed E-state index contributed by atoms with van der Waals surface area (Å²) in [6.45, 7) is 2.27. The molecule has 24 heavy (non-hydrogen) atoms. The van der Waals surface area contributed by atoms with Crippen LogP contribution >= 0.6 is 0 Å². The lowest BCUT2D eigenvalue weighted by atomic mass is 10.1. The summed E-state index contributed by atoms with van der Waals surface area (Å²) in [6.07, 6.45) is 6.15. The van der Waals surface area contributed by atoms with Gasteiger partial charge in [0.05, 0.1) is 12.6 Å². The first-order valence-electron chi connectivity index (χ1n) is 8.75. The van der Waals surface area contributed by atoms with Gasteiger partial charge < -0.3 is 9.88 Å². The molecule has 0 unspecified atom stereocenters. The smallest absolute Gasteiger partial charge is 0.237 e. The van der Waals surface area contributed by atoms with Crippen LogP contribution < -0.4 is 5.32 Å². The number of likely N-dealkylation sites (tertiary alicyclic amines) is 1. The second-order valence-corrected chi connectivity index (χ2v) is 6.72. The van der Waals surface area contributed by atoms with Crippen molar-refractivity contribution in [1.82, 2.24) is 25.0 Å². The van der Waals surface area contributed by atoms with Crippen molar-refractivity contribution in [3.63, 3.8) is 0 Å². The number of aromatic nitrogens is 3. The minimum absolute atomic E-state index is 0.0393. The molecule has 1 aromatic carbocycles. The monoisotopic (exact) mass is 325 g/mol. The van der Waals surface area contributed by atoms with Crippen LogP contribution in [0.3, 0.4) is 0 Å². The van der Waals surface area contributed by atoms with Crippen LogP contribution in [0.2, 0.25) is 0 Å². The van der Waals surface area contributed by atoms with Crippen LogP contribution in [-0.4, -0.2) is 38.2 Å². The fourth-order valence-corrected chi connectivity index (χ4v) is 3.46. The highest BCUT2D eigenvalue weighted by atomic mass is 16.2. The first-order valence-corrected chi connectivity index (χ1v) is 8.75. The van der Waals surface area contributed by atoms with E-state index in [0.29, 0.717) is 12.6 Å². The number of carbonyl (C=O) groups excluding carboxylic acids is 1. The number of nitrogens with zero attached hydrogens (tertiary/aromatic N) is 4. The van der Waals surface area contributed by atoms with E-state index in [1.807, 2.05) is 18.2 Å². The van der Waals surface area contributed by atoms with Crippen LogP contribution in [-0.2, 0) is 17.9 Å². The first-order chi connectivity index (χ1) is 11.8. The van der Waals surface area contributed by atoms with Gasteiger partial charge >= 0.3 is 0 Å². The molecule has 0 radical (unpaired) electrons. The van der Waals surface area contributed by atoms with Crippen molar-refractivity contribution in [3.05, 3.63) is 48.0 Å². The third-order valence-electron chi connectivity index (χ3n) is 4.90. The minimum Gasteiger partial charge on any atom is -0.347 e. The highest BCUT2D eigenvalue weighted by molar-refractivity contribution is 5.81. The number of benzene rings is 1. The molecule has 1 N–H and O–H groups in total. The van der Waals surface area contributed by atoms with Crippen LogP contribution in [0.1, 0.15) is 43.1 Å². The fourth-order valence-electron chi connectivity index (χ4n) is 3.46. The summed E-state index contributed by atoms with van der Waals surface area (Å²) >= 11 is 0. The average Bonchev–Trinajstić information content (AvgIpc) is 3.16. The van der Waals surface area contributed by atoms with E-state index in [0.717, 1.165) is 31.8 Å². The van der Waals surface area contributed by atoms with E-state index in [-0.39, 0.29) is 11.9 Å². The summed E-state index contributed by atoms with van der Waals surface area (Å²) in [5.41, 5.74) is 1.26. The lowest BCUT2D eigenvalue weighted by Crippen LogP contribution is -2.42. The Balaban J connectivity index is 1.35. The molecule has 0 bridgehead atoms. The summed E-state index contributed by atoms with van der Waals surface area (Å²) in [4.78, 5) is 14.9. The summed E-state index contributed by atoms with van der Waals surface area (Å²) in [7, 11) is 0. The molecule has 0 spiro atoms. The van der Waals surface area contributed by atoms with Gasteiger partial charge in [0.2, 0.25) is 5.91 Å². The highest BCUT2D eigenvalue weighted by Gasteiger charge is 2.31. The zero-order chi connectivity index (χ0) is 16.4. The Morgan fingerprint density at radius 2 is 2.04 bits per heavy atom. The van der Waals surface area contributed by atoms with Crippen LogP contribution in [0.5, 0.6) is 0 Å². The molecular weight excluding hydrogens is 302 g/mol. The summed E-state index contributed by atoms with van der Waals surface area (Å²) in [5, 5.41) is 11.2. The van der Waals surface area contributed by atoms with Crippen LogP contribution in [0.4, 0.5) is 0 Å². The first kappa shape index (κ1) is 15.3. The van der Waals surface area contributed by atoms with Gasteiger partial charge in [-0.2, -0.15) is 0 Å². The Morgan fingerprint density at radius 1 is 1.21 bits per heavy atom. The van der Waals surface area contributed by atoms with Gasteiger partial charge in [0.15, 0.2) is 5.82 Å². The van der Waals surface area contributed by atoms with E-state index in [2.05, 4.69) is 37.1 Å². The molecule has 2 aliphatic rings. The molecule has 1 aliphatic heterocycles. The third kappa shape index (κ3) is 3.33. The number of hydrogen-bond donors (Lipinski definition) is 1. The van der Waals surface area contributed by atoms with Crippen molar-refractivity contribution in [3.8, 4) is 0 Å². The summed E-state index contributed by atoms with van der Waals surface area (Å²) in [6, 6.07) is 10.8. The predicted octanol–water partition coefficient (Wildman–Crippen LogP) is 1.89. The van der Waals surface area contributed by atoms with Gasteiger partial charge in [-0.05, 0) is 37.8 Å². The summed E-state index contributed by atoms with van der Waals surface area (Å²) < 4.78 is 2.09. The quantitative estimate of drug-likeness (QED) is 0.881. The van der Waals surface area contributed by atoms with Crippen LogP contribution in [0.25, 0.3) is 0 Å². The topological polar surface area (TPSA) is 63.1 Å². The molecule has 126 valence electrons. The summed E-state index contributed by atoms with van der Waals surface area (Å²) in [5.74, 6) is 0.965. The van der Waals surface area contributed by atoms with E-state index < -0.39 is 0 Å². The van der Waals surface area contributed by atoms with Crippen molar-refractivity contribution in [2.24, 2.45) is 0 Å². The average molecular weight is 325 g/mol. The van der Waals surface area contributed by atoms with Crippen molar-refractivity contribution < 1.29 is 4.79 Å². The van der Waals surface area contributed by atoms with Gasteiger partial charge in [0, 0.05) is 12.6 Å². The maximum absolute atomic E-state index is 12.6. The lowest BCUT2D eigenvalue weighted by Gasteiger charge is -2.23. The number of amides is 1. The van der Waals surface area contributed by atoms with Gasteiger partial charge in [-0.3, -0.25) is 9.69 Å². The minimum atomic E-state index is -0.0393. The fraction of sp³-hybridized carbons (Fsp3) is 0.500. The Labute approximate surface area is 141 Å². The molecule has 6 heteroatoms. The van der Waals surface area contributed by atoms with E-state index >= 15 is 0 Å². The molecule has 1 saturated carbocycles. The maximum atomic E-state index is 12.6. The molecule has 2 fully saturated rings. The molecule has 1 aliphatic carbocycles. The van der Waals surface area contributed by atoms with Gasteiger partial charge in [-0.25, -0.2) is 0 Å². The number of carbonyl (C=O) groups is 1. The van der Waals surface area contributed by atoms with Crippen molar-refractivity contribution in [1.29, 1.82) is 0 Å². The molecule has 1 atom stereocenters. The normalized spacial score (nSPS) is 21.1. The zero-order valence-electron chi connectivity index (χ0n) is 13.8. The molecule has 1 aromatic heterocycles. The Bertz CT molecular complexity index is 694.